The van der Waals surface area contributed by atoms with Crippen LogP contribution >= 0.6 is 27.7 Å². The molecule has 0 radical (unpaired) electrons. The number of rotatable bonds is 3. The fraction of sp³-hybridized carbons (Fsp3) is 0.500. The standard InChI is InChI=1S/C14H15BrF3NOS/c1-21-12-4-2-3-11(12)19-13(20)9-7-8(14(16,17)18)5-6-10(9)15/h5-7,11-12H,2-4H2,1H3,(H,19,20). The normalized spacial score (nSPS) is 22.3. The van der Waals surface area contributed by atoms with Gasteiger partial charge in [-0.15, -0.1) is 0 Å². The molecule has 0 saturated heterocycles. The number of carbonyl (C=O) groups excluding carboxylic acids is 1. The van der Waals surface area contributed by atoms with Crippen LogP contribution in [0.4, 0.5) is 13.2 Å². The molecular formula is C14H15BrF3NOS. The van der Waals surface area contributed by atoms with Crippen LogP contribution in [-0.2, 0) is 6.18 Å². The smallest absolute Gasteiger partial charge is 0.348 e. The van der Waals surface area contributed by atoms with E-state index in [1.165, 1.54) is 6.07 Å². The minimum Gasteiger partial charge on any atom is -0.348 e. The summed E-state index contributed by atoms with van der Waals surface area (Å²) in [5, 5.41) is 3.19. The molecule has 7 heteroatoms. The molecule has 0 heterocycles. The van der Waals surface area contributed by atoms with Crippen molar-refractivity contribution in [1.29, 1.82) is 0 Å². The van der Waals surface area contributed by atoms with Gasteiger partial charge in [-0.25, -0.2) is 0 Å². The average molecular weight is 382 g/mol. The summed E-state index contributed by atoms with van der Waals surface area (Å²) in [7, 11) is 0. The Kier molecular flexibility index (Phi) is 5.24. The summed E-state index contributed by atoms with van der Waals surface area (Å²) in [4.78, 5) is 12.2. The zero-order chi connectivity index (χ0) is 15.6. The predicted octanol–water partition coefficient (Wildman–Crippen LogP) is 4.48. The number of nitrogens with one attached hydrogen (secondary N) is 1. The molecule has 0 spiro atoms. The van der Waals surface area contributed by atoms with E-state index in [0.717, 1.165) is 31.4 Å². The van der Waals surface area contributed by atoms with Crippen molar-refractivity contribution >= 4 is 33.6 Å². The van der Waals surface area contributed by atoms with E-state index in [2.05, 4.69) is 21.2 Å². The Balaban J connectivity index is 2.19. The molecular weight excluding hydrogens is 367 g/mol. The van der Waals surface area contributed by atoms with Gasteiger partial charge in [-0.2, -0.15) is 24.9 Å². The summed E-state index contributed by atoms with van der Waals surface area (Å²) in [6.45, 7) is 0. The summed E-state index contributed by atoms with van der Waals surface area (Å²) in [5.74, 6) is -0.459. The Morgan fingerprint density at radius 2 is 2.10 bits per heavy atom. The highest BCUT2D eigenvalue weighted by Crippen LogP contribution is 2.33. The first-order valence-electron chi connectivity index (χ1n) is 6.53. The Hall–Kier alpha value is -0.690. The van der Waals surface area contributed by atoms with Crippen LogP contribution in [0.15, 0.2) is 22.7 Å². The second-order valence-electron chi connectivity index (χ2n) is 4.98. The molecule has 1 saturated carbocycles. The maximum Gasteiger partial charge on any atom is 0.416 e. The monoisotopic (exact) mass is 381 g/mol. The highest BCUT2D eigenvalue weighted by atomic mass is 79.9. The highest BCUT2D eigenvalue weighted by Gasteiger charge is 2.33. The van der Waals surface area contributed by atoms with Crippen LogP contribution < -0.4 is 5.32 Å². The molecule has 0 bridgehead atoms. The molecule has 1 aliphatic carbocycles. The van der Waals surface area contributed by atoms with Gasteiger partial charge in [0.25, 0.3) is 5.91 Å². The van der Waals surface area contributed by atoms with E-state index >= 15 is 0 Å². The maximum atomic E-state index is 12.7. The lowest BCUT2D eigenvalue weighted by molar-refractivity contribution is -0.137. The van der Waals surface area contributed by atoms with Gasteiger partial charge in [0.15, 0.2) is 0 Å². The van der Waals surface area contributed by atoms with E-state index in [1.807, 2.05) is 6.26 Å². The maximum absolute atomic E-state index is 12.7. The molecule has 2 atom stereocenters. The first-order chi connectivity index (χ1) is 9.82. The Bertz CT molecular complexity index is 535. The van der Waals surface area contributed by atoms with E-state index in [1.54, 1.807) is 11.8 Å². The molecule has 1 fully saturated rings. The predicted molar refractivity (Wildman–Crippen MR) is 81.6 cm³/mol. The number of hydrogen-bond donors (Lipinski definition) is 1. The summed E-state index contributed by atoms with van der Waals surface area (Å²) < 4.78 is 38.6. The molecule has 1 aromatic rings. The molecule has 2 unspecified atom stereocenters. The van der Waals surface area contributed by atoms with Crippen molar-refractivity contribution in [3.05, 3.63) is 33.8 Å². The minimum atomic E-state index is -4.45. The van der Waals surface area contributed by atoms with Crippen LogP contribution in [0.1, 0.15) is 35.2 Å². The van der Waals surface area contributed by atoms with Crippen molar-refractivity contribution in [3.8, 4) is 0 Å². The van der Waals surface area contributed by atoms with Gasteiger partial charge < -0.3 is 5.32 Å². The number of halogens is 4. The van der Waals surface area contributed by atoms with Crippen molar-refractivity contribution in [2.24, 2.45) is 0 Å². The Morgan fingerprint density at radius 3 is 2.71 bits per heavy atom. The molecule has 2 nitrogen and oxygen atoms in total. The minimum absolute atomic E-state index is 0.0222. The van der Waals surface area contributed by atoms with Crippen LogP contribution in [0.5, 0.6) is 0 Å². The van der Waals surface area contributed by atoms with Gasteiger partial charge in [0.2, 0.25) is 0 Å². The van der Waals surface area contributed by atoms with E-state index < -0.39 is 17.6 Å². The third-order valence-electron chi connectivity index (χ3n) is 3.61. The van der Waals surface area contributed by atoms with E-state index in [9.17, 15) is 18.0 Å². The fourth-order valence-corrected chi connectivity index (χ4v) is 3.86. The SMILES string of the molecule is CSC1CCCC1NC(=O)c1cc(C(F)(F)F)ccc1Br. The van der Waals surface area contributed by atoms with Gasteiger partial charge in [-0.1, -0.05) is 6.42 Å². The first-order valence-corrected chi connectivity index (χ1v) is 8.61. The molecule has 2 rings (SSSR count). The van der Waals surface area contributed by atoms with Crippen LogP contribution in [0.3, 0.4) is 0 Å². The van der Waals surface area contributed by atoms with Gasteiger partial charge in [-0.05, 0) is 53.2 Å². The average Bonchev–Trinajstić information content (AvgIpc) is 2.84. The molecule has 1 aliphatic rings. The molecule has 1 aromatic carbocycles. The van der Waals surface area contributed by atoms with E-state index in [0.29, 0.717) is 9.72 Å². The topological polar surface area (TPSA) is 29.1 Å². The third kappa shape index (κ3) is 3.94. The van der Waals surface area contributed by atoms with Gasteiger partial charge in [-0.3, -0.25) is 4.79 Å². The molecule has 0 aliphatic heterocycles. The summed E-state index contributed by atoms with van der Waals surface area (Å²) in [6, 6.07) is 3.14. The lowest BCUT2D eigenvalue weighted by Crippen LogP contribution is -2.38. The largest absolute Gasteiger partial charge is 0.416 e. The number of alkyl halides is 3. The van der Waals surface area contributed by atoms with Gasteiger partial charge >= 0.3 is 6.18 Å². The highest BCUT2D eigenvalue weighted by molar-refractivity contribution is 9.10. The molecule has 21 heavy (non-hydrogen) atoms. The summed E-state index contributed by atoms with van der Waals surface area (Å²) >= 11 is 4.83. The van der Waals surface area contributed by atoms with Crippen molar-refractivity contribution in [1.82, 2.24) is 5.32 Å². The van der Waals surface area contributed by atoms with Crippen molar-refractivity contribution < 1.29 is 18.0 Å². The van der Waals surface area contributed by atoms with Crippen LogP contribution in [0.25, 0.3) is 0 Å². The van der Waals surface area contributed by atoms with E-state index in [-0.39, 0.29) is 11.6 Å². The summed E-state index contributed by atoms with van der Waals surface area (Å²) in [6.07, 6.45) is 0.449. The molecule has 0 aromatic heterocycles. The Labute approximate surface area is 134 Å². The number of thioether (sulfide) groups is 1. The van der Waals surface area contributed by atoms with Crippen molar-refractivity contribution in [2.45, 2.75) is 36.7 Å². The van der Waals surface area contributed by atoms with Gasteiger partial charge in [0.05, 0.1) is 11.1 Å². The second kappa shape index (κ2) is 6.60. The molecule has 1 amide bonds. The van der Waals surface area contributed by atoms with E-state index in [4.69, 9.17) is 0 Å². The fourth-order valence-electron chi connectivity index (χ4n) is 2.50. The second-order valence-corrected chi connectivity index (χ2v) is 6.91. The first kappa shape index (κ1) is 16.7. The van der Waals surface area contributed by atoms with Crippen LogP contribution in [0.2, 0.25) is 0 Å². The molecule has 1 N–H and O–H groups in total. The summed E-state index contributed by atoms with van der Waals surface area (Å²) in [5.41, 5.74) is -0.791. The number of hydrogen-bond acceptors (Lipinski definition) is 2. The number of amides is 1. The lowest BCUT2D eigenvalue weighted by atomic mass is 10.1. The molecule has 116 valence electrons. The third-order valence-corrected chi connectivity index (χ3v) is 5.47. The zero-order valence-electron chi connectivity index (χ0n) is 11.3. The van der Waals surface area contributed by atoms with Gasteiger partial charge in [0.1, 0.15) is 0 Å². The van der Waals surface area contributed by atoms with Crippen LogP contribution in [-0.4, -0.2) is 23.5 Å². The lowest BCUT2D eigenvalue weighted by Gasteiger charge is -2.20. The zero-order valence-corrected chi connectivity index (χ0v) is 13.7. The van der Waals surface area contributed by atoms with Crippen LogP contribution in [0, 0.1) is 0 Å². The number of benzene rings is 1. The van der Waals surface area contributed by atoms with Crippen molar-refractivity contribution in [2.75, 3.05) is 6.26 Å². The van der Waals surface area contributed by atoms with Crippen molar-refractivity contribution in [3.63, 3.8) is 0 Å². The van der Waals surface area contributed by atoms with Gasteiger partial charge in [0, 0.05) is 15.8 Å². The quantitative estimate of drug-likeness (QED) is 0.835. The Morgan fingerprint density at radius 1 is 1.38 bits per heavy atom. The number of carbonyl (C=O) groups is 1.